The first-order chi connectivity index (χ1) is 12.2. The van der Waals surface area contributed by atoms with E-state index in [1.807, 2.05) is 59.5 Å². The van der Waals surface area contributed by atoms with Crippen molar-refractivity contribution >= 4 is 16.7 Å². The highest BCUT2D eigenvalue weighted by molar-refractivity contribution is 5.98. The topological polar surface area (TPSA) is 29.5 Å². The van der Waals surface area contributed by atoms with Crippen molar-refractivity contribution in [1.82, 2.24) is 4.90 Å². The van der Waals surface area contributed by atoms with Gasteiger partial charge in [0.2, 0.25) is 0 Å². The number of amides is 1. The Hall–Kier alpha value is -2.81. The minimum Gasteiger partial charge on any atom is -0.497 e. The molecule has 3 nitrogen and oxygen atoms in total. The van der Waals surface area contributed by atoms with Crippen LogP contribution in [-0.4, -0.2) is 24.0 Å². The third-order valence-electron chi connectivity index (χ3n) is 4.76. The molecule has 0 N–H and O–H groups in total. The van der Waals surface area contributed by atoms with Gasteiger partial charge in [0, 0.05) is 18.2 Å². The van der Waals surface area contributed by atoms with Crippen molar-refractivity contribution in [2.75, 3.05) is 7.11 Å². The lowest BCUT2D eigenvalue weighted by molar-refractivity contribution is 0.0730. The maximum atomic E-state index is 13.1. The van der Waals surface area contributed by atoms with Gasteiger partial charge in [0.15, 0.2) is 0 Å². The summed E-state index contributed by atoms with van der Waals surface area (Å²) in [7, 11) is 1.66. The fourth-order valence-electron chi connectivity index (χ4n) is 3.17. The summed E-state index contributed by atoms with van der Waals surface area (Å²) in [4.78, 5) is 15.1. The summed E-state index contributed by atoms with van der Waals surface area (Å²) < 4.78 is 5.21. The molecule has 1 fully saturated rings. The van der Waals surface area contributed by atoms with Crippen LogP contribution in [0.5, 0.6) is 5.75 Å². The average molecular weight is 331 g/mol. The molecule has 0 aromatic heterocycles. The highest BCUT2D eigenvalue weighted by atomic mass is 16.5. The van der Waals surface area contributed by atoms with Gasteiger partial charge >= 0.3 is 0 Å². The van der Waals surface area contributed by atoms with E-state index in [1.54, 1.807) is 7.11 Å². The van der Waals surface area contributed by atoms with Crippen molar-refractivity contribution in [1.29, 1.82) is 0 Å². The van der Waals surface area contributed by atoms with Crippen LogP contribution in [0.2, 0.25) is 0 Å². The zero-order chi connectivity index (χ0) is 17.2. The molecule has 0 radical (unpaired) electrons. The second-order valence-corrected chi connectivity index (χ2v) is 6.57. The number of hydrogen-bond donors (Lipinski definition) is 0. The Morgan fingerprint density at radius 2 is 1.72 bits per heavy atom. The second-order valence-electron chi connectivity index (χ2n) is 6.57. The van der Waals surface area contributed by atoms with Crippen LogP contribution in [0.4, 0.5) is 0 Å². The Balaban J connectivity index is 1.59. The van der Waals surface area contributed by atoms with Gasteiger partial charge in [-0.1, -0.05) is 42.5 Å². The van der Waals surface area contributed by atoms with Gasteiger partial charge < -0.3 is 9.64 Å². The normalized spacial score (nSPS) is 13.6. The highest BCUT2D eigenvalue weighted by Gasteiger charge is 2.33. The van der Waals surface area contributed by atoms with Gasteiger partial charge in [-0.05, 0) is 53.4 Å². The Bertz CT molecular complexity index is 897. The van der Waals surface area contributed by atoms with Gasteiger partial charge in [-0.2, -0.15) is 0 Å². The van der Waals surface area contributed by atoms with Crippen LogP contribution in [0.3, 0.4) is 0 Å². The lowest BCUT2D eigenvalue weighted by Gasteiger charge is -2.23. The summed E-state index contributed by atoms with van der Waals surface area (Å²) in [5, 5.41) is 2.26. The molecule has 3 aromatic carbocycles. The van der Waals surface area contributed by atoms with Crippen LogP contribution in [-0.2, 0) is 6.54 Å². The molecule has 0 unspecified atom stereocenters. The largest absolute Gasteiger partial charge is 0.497 e. The second kappa shape index (κ2) is 6.60. The fourth-order valence-corrected chi connectivity index (χ4v) is 3.17. The van der Waals surface area contributed by atoms with E-state index in [9.17, 15) is 4.79 Å². The molecular formula is C22H21NO2. The monoisotopic (exact) mass is 331 g/mol. The molecule has 3 heteroatoms. The molecule has 4 rings (SSSR count). The van der Waals surface area contributed by atoms with E-state index >= 15 is 0 Å². The molecule has 0 saturated heterocycles. The predicted molar refractivity (Wildman–Crippen MR) is 99.8 cm³/mol. The number of benzene rings is 3. The molecule has 1 saturated carbocycles. The van der Waals surface area contributed by atoms with E-state index in [0.717, 1.165) is 40.5 Å². The number of carbonyl (C=O) groups is 1. The van der Waals surface area contributed by atoms with Crippen molar-refractivity contribution in [3.05, 3.63) is 77.9 Å². The summed E-state index contributed by atoms with van der Waals surface area (Å²) in [5.41, 5.74) is 1.89. The Labute approximate surface area is 147 Å². The highest BCUT2D eigenvalue weighted by Crippen LogP contribution is 2.30. The third kappa shape index (κ3) is 3.36. The van der Waals surface area contributed by atoms with Gasteiger partial charge in [-0.3, -0.25) is 4.79 Å². The van der Waals surface area contributed by atoms with E-state index in [0.29, 0.717) is 12.6 Å². The quantitative estimate of drug-likeness (QED) is 0.681. The lowest BCUT2D eigenvalue weighted by Crippen LogP contribution is -2.32. The fraction of sp³-hybridized carbons (Fsp3) is 0.227. The molecule has 0 atom stereocenters. The smallest absolute Gasteiger partial charge is 0.254 e. The first kappa shape index (κ1) is 15.7. The van der Waals surface area contributed by atoms with E-state index in [4.69, 9.17) is 4.74 Å². The summed E-state index contributed by atoms with van der Waals surface area (Å²) >= 11 is 0. The Morgan fingerprint density at radius 3 is 2.40 bits per heavy atom. The van der Waals surface area contributed by atoms with Crippen molar-refractivity contribution < 1.29 is 9.53 Å². The summed E-state index contributed by atoms with van der Waals surface area (Å²) in [6.45, 7) is 0.639. The van der Waals surface area contributed by atoms with Crippen molar-refractivity contribution in [3.63, 3.8) is 0 Å². The first-order valence-corrected chi connectivity index (χ1v) is 8.67. The summed E-state index contributed by atoms with van der Waals surface area (Å²) in [6, 6.07) is 22.4. The Morgan fingerprint density at radius 1 is 1.00 bits per heavy atom. The molecule has 0 heterocycles. The molecule has 1 aliphatic carbocycles. The number of rotatable bonds is 5. The van der Waals surface area contributed by atoms with Crippen LogP contribution in [0.25, 0.3) is 10.8 Å². The maximum Gasteiger partial charge on any atom is 0.254 e. The minimum absolute atomic E-state index is 0.115. The SMILES string of the molecule is COc1ccc(CN(C(=O)c2ccc3ccccc3c2)C2CC2)cc1. The van der Waals surface area contributed by atoms with E-state index in [2.05, 4.69) is 12.1 Å². The molecule has 126 valence electrons. The third-order valence-corrected chi connectivity index (χ3v) is 4.76. The molecular weight excluding hydrogens is 310 g/mol. The van der Waals surface area contributed by atoms with E-state index in [-0.39, 0.29) is 5.91 Å². The predicted octanol–water partition coefficient (Wildman–Crippen LogP) is 4.65. The number of methoxy groups -OCH3 is 1. The number of carbonyl (C=O) groups excluding carboxylic acids is 1. The number of hydrogen-bond acceptors (Lipinski definition) is 2. The Kier molecular flexibility index (Phi) is 4.14. The molecule has 0 aliphatic heterocycles. The summed E-state index contributed by atoms with van der Waals surface area (Å²) in [5.74, 6) is 0.951. The van der Waals surface area contributed by atoms with Gasteiger partial charge in [-0.15, -0.1) is 0 Å². The van der Waals surface area contributed by atoms with Crippen molar-refractivity contribution in [2.45, 2.75) is 25.4 Å². The van der Waals surface area contributed by atoms with Gasteiger partial charge in [0.05, 0.1) is 7.11 Å². The standard InChI is InChI=1S/C22H21NO2/c1-25-21-12-6-16(7-13-21)15-23(20-10-11-20)22(24)19-9-8-17-4-2-3-5-18(17)14-19/h2-9,12-14,20H,10-11,15H2,1H3. The van der Waals surface area contributed by atoms with E-state index in [1.165, 1.54) is 0 Å². The van der Waals surface area contributed by atoms with E-state index < -0.39 is 0 Å². The molecule has 1 amide bonds. The van der Waals surface area contributed by atoms with Gasteiger partial charge in [0.25, 0.3) is 5.91 Å². The minimum atomic E-state index is 0.115. The molecule has 0 bridgehead atoms. The van der Waals surface area contributed by atoms with Crippen LogP contribution >= 0.6 is 0 Å². The number of nitrogens with zero attached hydrogens (tertiary/aromatic N) is 1. The summed E-state index contributed by atoms with van der Waals surface area (Å²) in [6.07, 6.45) is 2.19. The zero-order valence-corrected chi connectivity index (χ0v) is 14.3. The van der Waals surface area contributed by atoms with Crippen molar-refractivity contribution in [3.8, 4) is 5.75 Å². The first-order valence-electron chi connectivity index (χ1n) is 8.67. The average Bonchev–Trinajstić information content (AvgIpc) is 3.51. The van der Waals surface area contributed by atoms with Crippen molar-refractivity contribution in [2.24, 2.45) is 0 Å². The lowest BCUT2D eigenvalue weighted by atomic mass is 10.1. The maximum absolute atomic E-state index is 13.1. The molecule has 3 aromatic rings. The zero-order valence-electron chi connectivity index (χ0n) is 14.3. The number of ether oxygens (including phenoxy) is 1. The van der Waals surface area contributed by atoms with Crippen LogP contribution in [0.15, 0.2) is 66.7 Å². The van der Waals surface area contributed by atoms with Crippen LogP contribution < -0.4 is 4.74 Å². The number of fused-ring (bicyclic) bond motifs is 1. The molecule has 1 aliphatic rings. The molecule has 0 spiro atoms. The van der Waals surface area contributed by atoms with Gasteiger partial charge in [-0.25, -0.2) is 0 Å². The molecule has 25 heavy (non-hydrogen) atoms. The van der Waals surface area contributed by atoms with Crippen LogP contribution in [0.1, 0.15) is 28.8 Å². The van der Waals surface area contributed by atoms with Crippen LogP contribution in [0, 0.1) is 0 Å². The van der Waals surface area contributed by atoms with Gasteiger partial charge in [0.1, 0.15) is 5.75 Å².